The lowest BCUT2D eigenvalue weighted by Crippen LogP contribution is -2.19. The summed E-state index contributed by atoms with van der Waals surface area (Å²) in [7, 11) is 0. The van der Waals surface area contributed by atoms with E-state index >= 15 is 0 Å². The van der Waals surface area contributed by atoms with E-state index in [-0.39, 0.29) is 6.61 Å². The Bertz CT molecular complexity index is 188. The number of rotatable bonds is 3. The van der Waals surface area contributed by atoms with Crippen molar-refractivity contribution in [1.82, 2.24) is 5.32 Å². The van der Waals surface area contributed by atoms with Crippen LogP contribution >= 0.6 is 22.6 Å². The monoisotopic (exact) mass is 315 g/mol. The van der Waals surface area contributed by atoms with E-state index in [1.807, 2.05) is 0 Å². The molecular formula is C8H14INO4. The summed E-state index contributed by atoms with van der Waals surface area (Å²) in [4.78, 5) is 9.49. The number of aliphatic hydroxyl groups excluding tert-OH is 1. The molecule has 0 spiro atoms. The first-order chi connectivity index (χ1) is 6.68. The van der Waals surface area contributed by atoms with Crippen LogP contribution in [0, 0.1) is 12.0 Å². The fraction of sp³-hybridized carbons (Fsp3) is 0.625. The average molecular weight is 315 g/mol. The fourth-order valence-corrected chi connectivity index (χ4v) is 0.482. The van der Waals surface area contributed by atoms with Gasteiger partial charge in [-0.2, -0.15) is 0 Å². The molecule has 82 valence electrons. The third kappa shape index (κ3) is 22.5. The maximum Gasteiger partial charge on any atom is 0.404 e. The second kappa shape index (κ2) is 14.8. The molecule has 0 unspecified atom stereocenters. The zero-order valence-electron chi connectivity index (χ0n) is 7.92. The molecule has 0 atom stereocenters. The summed E-state index contributed by atoms with van der Waals surface area (Å²) >= 11 is 2.12. The summed E-state index contributed by atoms with van der Waals surface area (Å²) in [6, 6.07) is 0. The first-order valence-corrected chi connectivity index (χ1v) is 5.44. The van der Waals surface area contributed by atoms with E-state index < -0.39 is 6.09 Å². The highest BCUT2D eigenvalue weighted by atomic mass is 127. The minimum atomic E-state index is -0.961. The molecule has 0 heterocycles. The van der Waals surface area contributed by atoms with Crippen molar-refractivity contribution in [1.29, 1.82) is 0 Å². The van der Waals surface area contributed by atoms with E-state index in [4.69, 9.17) is 10.2 Å². The van der Waals surface area contributed by atoms with E-state index in [1.54, 1.807) is 6.92 Å². The van der Waals surface area contributed by atoms with Crippen LogP contribution in [0.4, 0.5) is 4.79 Å². The largest absolute Gasteiger partial charge is 0.465 e. The second-order valence-electron chi connectivity index (χ2n) is 1.82. The molecule has 0 aliphatic rings. The quantitative estimate of drug-likeness (QED) is 0.309. The van der Waals surface area contributed by atoms with Gasteiger partial charge in [0.15, 0.2) is 0 Å². The number of ether oxygens (including phenoxy) is 1. The van der Waals surface area contributed by atoms with E-state index in [9.17, 15) is 4.79 Å². The average Bonchev–Trinajstić information content (AvgIpc) is 2.13. The van der Waals surface area contributed by atoms with Crippen LogP contribution in [0.1, 0.15) is 6.92 Å². The third-order valence-corrected chi connectivity index (χ3v) is 1.11. The maximum absolute atomic E-state index is 9.49. The van der Waals surface area contributed by atoms with Gasteiger partial charge in [0.2, 0.25) is 0 Å². The van der Waals surface area contributed by atoms with Crippen LogP contribution in [-0.2, 0) is 4.74 Å². The molecule has 6 heteroatoms. The Kier molecular flexibility index (Phi) is 16.7. The molecule has 0 aliphatic heterocycles. The van der Waals surface area contributed by atoms with Gasteiger partial charge in [0.1, 0.15) is 12.7 Å². The molecule has 0 aromatic carbocycles. The molecule has 0 aromatic heterocycles. The minimum absolute atomic E-state index is 0.0376. The van der Waals surface area contributed by atoms with Crippen LogP contribution in [0.3, 0.4) is 0 Å². The fourth-order valence-electron chi connectivity index (χ4n) is 0.326. The van der Waals surface area contributed by atoms with Gasteiger partial charge in [0, 0.05) is 6.54 Å². The molecule has 5 nitrogen and oxygen atoms in total. The Morgan fingerprint density at radius 1 is 1.64 bits per heavy atom. The van der Waals surface area contributed by atoms with E-state index in [1.165, 1.54) is 0 Å². The number of hydrogen-bond acceptors (Lipinski definition) is 3. The predicted molar refractivity (Wildman–Crippen MR) is 61.4 cm³/mol. The number of alkyl halides is 1. The van der Waals surface area contributed by atoms with Gasteiger partial charge in [-0.3, -0.25) is 0 Å². The van der Waals surface area contributed by atoms with Crippen LogP contribution in [0.25, 0.3) is 0 Å². The Morgan fingerprint density at radius 3 is 2.57 bits per heavy atom. The zero-order chi connectivity index (χ0) is 11.2. The van der Waals surface area contributed by atoms with Crippen LogP contribution in [0.5, 0.6) is 0 Å². The molecule has 0 bridgehead atoms. The molecule has 0 radical (unpaired) electrons. The lowest BCUT2D eigenvalue weighted by molar-refractivity contribution is 0.180. The van der Waals surface area contributed by atoms with Crippen molar-refractivity contribution in [2.45, 2.75) is 6.92 Å². The van der Waals surface area contributed by atoms with Crippen molar-refractivity contribution >= 4 is 28.7 Å². The predicted octanol–water partition coefficient (Wildman–Crippen LogP) is 0.665. The number of carboxylic acid groups (broad SMARTS) is 1. The van der Waals surface area contributed by atoms with Gasteiger partial charge in [-0.15, -0.1) is 0 Å². The Balaban J connectivity index is 0. The molecule has 0 saturated heterocycles. The number of aliphatic hydroxyl groups is 1. The van der Waals surface area contributed by atoms with Gasteiger partial charge in [0.05, 0.1) is 11.0 Å². The number of hydrogen-bond donors (Lipinski definition) is 3. The summed E-state index contributed by atoms with van der Waals surface area (Å²) in [5, 5.41) is 18.1. The lowest BCUT2D eigenvalue weighted by Gasteiger charge is -1.87. The second-order valence-corrected chi connectivity index (χ2v) is 2.58. The summed E-state index contributed by atoms with van der Waals surface area (Å²) in [5.74, 6) is 2.69. The van der Waals surface area contributed by atoms with Crippen molar-refractivity contribution in [2.75, 3.05) is 24.2 Å². The molecule has 0 aliphatic carbocycles. The van der Waals surface area contributed by atoms with Gasteiger partial charge < -0.3 is 20.3 Å². The standard InChI is InChI=1S/C5H7IO2.C3H7NO2/c6-2-1-4-8-5-3-7;1-2-4-3(5)6/h7H,2-3,5H2;4H,2H2,1H3,(H,5,6). The Hall–Kier alpha value is -0.680. The molecule has 0 fully saturated rings. The molecule has 0 saturated carbocycles. The molecule has 3 N–H and O–H groups in total. The molecule has 0 rings (SSSR count). The SMILES string of the molecule is CCNC(=O)O.OCCOC#CCI. The molecular weight excluding hydrogens is 301 g/mol. The highest BCUT2D eigenvalue weighted by molar-refractivity contribution is 14.1. The van der Waals surface area contributed by atoms with Crippen LogP contribution in [0.15, 0.2) is 0 Å². The smallest absolute Gasteiger partial charge is 0.404 e. The first-order valence-electron chi connectivity index (χ1n) is 3.92. The highest BCUT2D eigenvalue weighted by Gasteiger charge is 1.83. The van der Waals surface area contributed by atoms with Crippen LogP contribution in [-0.4, -0.2) is 40.5 Å². The summed E-state index contributed by atoms with van der Waals surface area (Å²) in [6.07, 6.45) is 1.46. The van der Waals surface area contributed by atoms with Crippen LogP contribution < -0.4 is 5.32 Å². The van der Waals surface area contributed by atoms with Crippen LogP contribution in [0.2, 0.25) is 0 Å². The first kappa shape index (κ1) is 15.8. The number of nitrogens with one attached hydrogen (secondary N) is 1. The van der Waals surface area contributed by atoms with Gasteiger partial charge in [-0.1, -0.05) is 22.6 Å². The summed E-state index contributed by atoms with van der Waals surface area (Å²) in [6.45, 7) is 2.56. The normalized spacial score (nSPS) is 7.36. The number of halogens is 1. The topological polar surface area (TPSA) is 78.8 Å². The Labute approximate surface area is 97.0 Å². The van der Waals surface area contributed by atoms with Gasteiger partial charge in [-0.05, 0) is 12.8 Å². The van der Waals surface area contributed by atoms with Gasteiger partial charge >= 0.3 is 6.09 Å². The third-order valence-electron chi connectivity index (χ3n) is 0.733. The molecule has 14 heavy (non-hydrogen) atoms. The van der Waals surface area contributed by atoms with Gasteiger partial charge in [0.25, 0.3) is 0 Å². The maximum atomic E-state index is 9.49. The van der Waals surface area contributed by atoms with Gasteiger partial charge in [-0.25, -0.2) is 4.79 Å². The van der Waals surface area contributed by atoms with Crippen molar-refractivity contribution in [2.24, 2.45) is 0 Å². The van der Waals surface area contributed by atoms with E-state index in [2.05, 4.69) is 44.7 Å². The molecule has 0 aromatic rings. The number of amides is 1. The summed E-state index contributed by atoms with van der Waals surface area (Å²) in [5.41, 5.74) is 0. The Morgan fingerprint density at radius 2 is 2.29 bits per heavy atom. The van der Waals surface area contributed by atoms with E-state index in [0.29, 0.717) is 13.2 Å². The van der Waals surface area contributed by atoms with Crippen molar-refractivity contribution < 1.29 is 19.7 Å². The van der Waals surface area contributed by atoms with Crippen molar-refractivity contribution in [3.8, 4) is 12.0 Å². The minimum Gasteiger partial charge on any atom is -0.465 e. The van der Waals surface area contributed by atoms with Crippen molar-refractivity contribution in [3.05, 3.63) is 0 Å². The highest BCUT2D eigenvalue weighted by Crippen LogP contribution is 1.74. The summed E-state index contributed by atoms with van der Waals surface area (Å²) < 4.78 is 5.37. The van der Waals surface area contributed by atoms with E-state index in [0.717, 1.165) is 4.43 Å². The number of carbonyl (C=O) groups is 1. The molecule has 1 amide bonds. The van der Waals surface area contributed by atoms with Crippen molar-refractivity contribution in [3.63, 3.8) is 0 Å². The lowest BCUT2D eigenvalue weighted by atomic mass is 10.8. The zero-order valence-corrected chi connectivity index (χ0v) is 10.1.